The molecule has 0 spiro atoms. The number of aliphatic carboxylic acids is 1. The third-order valence-electron chi connectivity index (χ3n) is 6.31. The molecule has 40 heavy (non-hydrogen) atoms. The van der Waals surface area contributed by atoms with E-state index in [1.807, 2.05) is 6.07 Å². The fourth-order valence-corrected chi connectivity index (χ4v) is 7.32. The van der Waals surface area contributed by atoms with Gasteiger partial charge in [-0.1, -0.05) is 16.9 Å². The molecule has 0 aliphatic carbocycles. The number of hydrogen-bond acceptors (Lipinski definition) is 13. The molecule has 5 rings (SSSR count). The molecule has 208 valence electrons. The average Bonchev–Trinajstić information content (AvgIpc) is 3.58. The Balaban J connectivity index is 1.53. The van der Waals surface area contributed by atoms with E-state index >= 15 is 0 Å². The van der Waals surface area contributed by atoms with E-state index in [2.05, 4.69) is 25.8 Å². The number of carboxylic acids is 1. The highest BCUT2D eigenvalue weighted by Crippen LogP contribution is 2.47. The first-order valence-corrected chi connectivity index (χ1v) is 14.4. The molecule has 0 radical (unpaired) electrons. The first kappa shape index (κ1) is 27.6. The third-order valence-corrected chi connectivity index (χ3v) is 9.22. The van der Waals surface area contributed by atoms with Crippen molar-refractivity contribution in [2.75, 3.05) is 25.1 Å². The molecule has 0 aromatic carbocycles. The molecule has 1 saturated heterocycles. The Labute approximate surface area is 238 Å². The van der Waals surface area contributed by atoms with Crippen molar-refractivity contribution in [1.29, 1.82) is 0 Å². The summed E-state index contributed by atoms with van der Waals surface area (Å²) in [5.74, 6) is -3.25. The van der Waals surface area contributed by atoms with Crippen LogP contribution >= 0.6 is 34.4 Å². The number of carbonyl (C=O) groups excluding carboxylic acids is 3. The number of quaternary nitrogens is 1. The van der Waals surface area contributed by atoms with Crippen LogP contribution in [0.5, 0.6) is 0 Å². The van der Waals surface area contributed by atoms with Crippen LogP contribution in [0.4, 0.5) is 5.13 Å². The minimum absolute atomic E-state index is 0.0646. The van der Waals surface area contributed by atoms with E-state index in [1.54, 1.807) is 22.5 Å². The number of nitrogens with two attached hydrogens (primary N) is 2. The molecule has 15 nitrogen and oxygen atoms in total. The van der Waals surface area contributed by atoms with Crippen molar-refractivity contribution in [3.05, 3.63) is 46.4 Å². The number of amides is 3. The second kappa shape index (κ2) is 10.9. The maximum atomic E-state index is 14.0. The van der Waals surface area contributed by atoms with Gasteiger partial charge in [0, 0.05) is 17.2 Å². The van der Waals surface area contributed by atoms with Crippen LogP contribution in [0, 0.1) is 0 Å². The maximum absolute atomic E-state index is 14.0. The molecule has 5 heterocycles. The van der Waals surface area contributed by atoms with Gasteiger partial charge in [0.05, 0.1) is 22.5 Å². The van der Waals surface area contributed by atoms with E-state index < -0.39 is 39.6 Å². The van der Waals surface area contributed by atoms with E-state index in [9.17, 15) is 24.3 Å². The van der Waals surface area contributed by atoms with Gasteiger partial charge in [-0.2, -0.15) is 4.57 Å². The number of carbonyl (C=O) groups is 4. The summed E-state index contributed by atoms with van der Waals surface area (Å²) < 4.78 is 1.91. The second-order valence-electron chi connectivity index (χ2n) is 8.64. The van der Waals surface area contributed by atoms with Crippen molar-refractivity contribution in [1.82, 2.24) is 20.6 Å². The number of nitrogens with zero attached hydrogens (tertiary/aromatic N) is 5. The van der Waals surface area contributed by atoms with Crippen LogP contribution in [-0.4, -0.2) is 79.8 Å². The summed E-state index contributed by atoms with van der Waals surface area (Å²) in [4.78, 5) is 65.2. The summed E-state index contributed by atoms with van der Waals surface area (Å²) in [5, 5.41) is 20.3. The van der Waals surface area contributed by atoms with Crippen LogP contribution in [0.25, 0.3) is 10.2 Å². The predicted molar refractivity (Wildman–Crippen MR) is 145 cm³/mol. The fourth-order valence-electron chi connectivity index (χ4n) is 4.67. The number of nitrogen functional groups attached to an aromatic ring is 1. The number of thioether (sulfide) groups is 1. The lowest BCUT2D eigenvalue weighted by Crippen LogP contribution is -2.83. The van der Waals surface area contributed by atoms with Crippen molar-refractivity contribution >= 4 is 79.2 Å². The van der Waals surface area contributed by atoms with Crippen LogP contribution in [0.15, 0.2) is 45.9 Å². The molecule has 3 aromatic heterocycles. The molecule has 1 fully saturated rings. The summed E-state index contributed by atoms with van der Waals surface area (Å²) in [7, 11) is 1.26. The summed E-state index contributed by atoms with van der Waals surface area (Å²) in [6.45, 7) is -0.489. The summed E-state index contributed by atoms with van der Waals surface area (Å²) in [5.41, 5.74) is 13.2. The molecule has 3 amide bonds. The number of β-lactam (4-membered cyclic amide) rings is 1. The molecule has 3 aromatic rings. The van der Waals surface area contributed by atoms with Gasteiger partial charge in [-0.3, -0.25) is 9.59 Å². The monoisotopic (exact) mass is 605 g/mol. The molecule has 2 aliphatic heterocycles. The Morgan fingerprint density at radius 2 is 2.15 bits per heavy atom. The average molecular weight is 606 g/mol. The first-order chi connectivity index (χ1) is 19.2. The van der Waals surface area contributed by atoms with Crippen LogP contribution < -0.4 is 26.7 Å². The van der Waals surface area contributed by atoms with Gasteiger partial charge in [-0.05, 0) is 0 Å². The standard InChI is InChI=1S/C22H21N9O6S3/c1-37-29-15(11-6-39-22(24)27-11)18(33)28-16-19(34)31(9-30-3-2-13-10(5-30)25-8-40-13)17(21(35)36)12(7-38-20(16)31)26-14(32)4-23/h2-3,5-6,8,16,20H,4,7,9,23H2,1H3,(H3-2,24,26,27,28,32,33,35,36)/p+2/b29-15-/t16?,20-,31?/m0/s1. The Kier molecular flexibility index (Phi) is 7.51. The molecule has 0 saturated carbocycles. The lowest BCUT2D eigenvalue weighted by atomic mass is 9.98. The molecule has 7 N–H and O–H groups in total. The first-order valence-electron chi connectivity index (χ1n) is 11.6. The number of anilines is 1. The normalized spacial score (nSPS) is 22.4. The number of nitrogens with one attached hydrogen (secondary N) is 2. The zero-order chi connectivity index (χ0) is 28.6. The molecule has 0 bridgehead atoms. The second-order valence-corrected chi connectivity index (χ2v) is 11.5. The van der Waals surface area contributed by atoms with Gasteiger partial charge in [0.1, 0.15) is 18.3 Å². The number of aromatic nitrogens is 3. The Morgan fingerprint density at radius 1 is 1.35 bits per heavy atom. The zero-order valence-electron chi connectivity index (χ0n) is 20.8. The Bertz CT molecular complexity index is 1600. The van der Waals surface area contributed by atoms with E-state index in [-0.39, 0.29) is 46.9 Å². The topological polar surface area (TPSA) is 216 Å². The van der Waals surface area contributed by atoms with Crippen molar-refractivity contribution in [3.63, 3.8) is 0 Å². The van der Waals surface area contributed by atoms with E-state index in [0.29, 0.717) is 5.52 Å². The maximum Gasteiger partial charge on any atom is 0.393 e. The number of oxime groups is 1. The van der Waals surface area contributed by atoms with Gasteiger partial charge >= 0.3 is 11.9 Å². The van der Waals surface area contributed by atoms with E-state index in [0.717, 1.165) is 16.0 Å². The molecule has 2 aliphatic rings. The quantitative estimate of drug-likeness (QED) is 0.0650. The lowest BCUT2D eigenvalue weighted by molar-refractivity contribution is -1.00. The highest BCUT2D eigenvalue weighted by atomic mass is 32.2. The fraction of sp³-hybridized carbons (Fsp3) is 0.273. The largest absolute Gasteiger partial charge is 0.474 e. The predicted octanol–water partition coefficient (Wildman–Crippen LogP) is -1.08. The van der Waals surface area contributed by atoms with Crippen LogP contribution in [-0.2, 0) is 30.7 Å². The molecule has 18 heteroatoms. The SMILES string of the molecule is CO/N=C(\C(=O)NC1C(=O)[N+]2(C[n+]3ccc4scnc4c3)C(C(=O)O)=C(NC(=O)CN)CS[C@@H]12)c1csc(N)n1. The van der Waals surface area contributed by atoms with Gasteiger partial charge in [-0.15, -0.1) is 27.2 Å². The van der Waals surface area contributed by atoms with Gasteiger partial charge in [0.2, 0.25) is 18.1 Å². The molecular weight excluding hydrogens is 583 g/mol. The van der Waals surface area contributed by atoms with E-state index in [1.165, 1.54) is 35.6 Å². The van der Waals surface area contributed by atoms with Crippen molar-refractivity contribution in [2.45, 2.75) is 18.1 Å². The van der Waals surface area contributed by atoms with Crippen LogP contribution in [0.2, 0.25) is 0 Å². The van der Waals surface area contributed by atoms with Gasteiger partial charge in [-0.25, -0.2) is 19.6 Å². The third kappa shape index (κ3) is 4.68. The number of carboxylic acid groups (broad SMARTS) is 1. The van der Waals surface area contributed by atoms with Crippen molar-refractivity contribution < 1.29 is 38.2 Å². The number of rotatable bonds is 9. The summed E-state index contributed by atoms with van der Waals surface area (Å²) in [6.07, 6.45) is 3.43. The minimum atomic E-state index is -1.38. The van der Waals surface area contributed by atoms with Crippen LogP contribution in [0.3, 0.4) is 0 Å². The number of pyridine rings is 1. The minimum Gasteiger partial charge on any atom is -0.474 e. The summed E-state index contributed by atoms with van der Waals surface area (Å²) >= 11 is 3.77. The smallest absolute Gasteiger partial charge is 0.393 e. The number of hydrogen-bond donors (Lipinski definition) is 5. The molecule has 2 unspecified atom stereocenters. The van der Waals surface area contributed by atoms with Crippen molar-refractivity contribution in [3.8, 4) is 0 Å². The summed E-state index contributed by atoms with van der Waals surface area (Å²) in [6, 6.07) is 0.732. The molecule has 3 atom stereocenters. The zero-order valence-corrected chi connectivity index (χ0v) is 23.2. The van der Waals surface area contributed by atoms with Crippen molar-refractivity contribution in [2.24, 2.45) is 10.9 Å². The van der Waals surface area contributed by atoms with Gasteiger partial charge in [0.25, 0.3) is 18.3 Å². The van der Waals surface area contributed by atoms with E-state index in [4.69, 9.17) is 16.3 Å². The Morgan fingerprint density at radius 3 is 2.83 bits per heavy atom. The molecular formula is C22H23N9O6S3+2. The highest BCUT2D eigenvalue weighted by Gasteiger charge is 2.72. The van der Waals surface area contributed by atoms with Crippen LogP contribution in [0.1, 0.15) is 5.69 Å². The lowest BCUT2D eigenvalue weighted by Gasteiger charge is -2.52. The number of thiazole rings is 2. The number of fused-ring (bicyclic) bond motifs is 2. The highest BCUT2D eigenvalue weighted by molar-refractivity contribution is 8.00. The van der Waals surface area contributed by atoms with Gasteiger partial charge in [0.15, 0.2) is 22.4 Å². The van der Waals surface area contributed by atoms with Gasteiger partial charge < -0.3 is 32.0 Å². The Hall–Kier alpha value is -3.97.